The number of rotatable bonds is 4. The lowest BCUT2D eigenvalue weighted by Crippen LogP contribution is -2.47. The van der Waals surface area contributed by atoms with Gasteiger partial charge in [-0.2, -0.15) is 0 Å². The Morgan fingerprint density at radius 2 is 2.11 bits per heavy atom. The number of benzene rings is 1. The van der Waals surface area contributed by atoms with Crippen LogP contribution in [0.3, 0.4) is 0 Å². The van der Waals surface area contributed by atoms with Crippen LogP contribution in [0.4, 0.5) is 5.69 Å². The fourth-order valence-corrected chi connectivity index (χ4v) is 2.88. The molecule has 1 fully saturated rings. The fourth-order valence-electron chi connectivity index (χ4n) is 2.88. The van der Waals surface area contributed by atoms with Crippen molar-refractivity contribution >= 4 is 11.7 Å². The minimum absolute atomic E-state index is 0.0469. The summed E-state index contributed by atoms with van der Waals surface area (Å²) in [6.45, 7) is 6.26. The third-order valence-electron chi connectivity index (χ3n) is 3.72. The molecular weight excluding hydrogens is 240 g/mol. The van der Waals surface area contributed by atoms with Crippen molar-refractivity contribution in [1.82, 2.24) is 5.32 Å². The van der Waals surface area contributed by atoms with E-state index in [4.69, 9.17) is 5.11 Å². The molecule has 4 heteroatoms. The third-order valence-corrected chi connectivity index (χ3v) is 3.72. The molecule has 0 spiro atoms. The highest BCUT2D eigenvalue weighted by Crippen LogP contribution is 2.27. The molecule has 4 nitrogen and oxygen atoms in total. The summed E-state index contributed by atoms with van der Waals surface area (Å²) in [5.74, 6) is -0.788. The Morgan fingerprint density at radius 3 is 2.74 bits per heavy atom. The molecule has 0 aromatic heterocycles. The molecule has 0 bridgehead atoms. The number of hydrogen-bond acceptors (Lipinski definition) is 3. The van der Waals surface area contributed by atoms with Crippen LogP contribution in [-0.4, -0.2) is 36.8 Å². The topological polar surface area (TPSA) is 52.6 Å². The van der Waals surface area contributed by atoms with Crippen molar-refractivity contribution in [3.05, 3.63) is 29.3 Å². The van der Waals surface area contributed by atoms with E-state index >= 15 is 0 Å². The van der Waals surface area contributed by atoms with Crippen LogP contribution >= 0.6 is 0 Å². The van der Waals surface area contributed by atoms with E-state index in [2.05, 4.69) is 42.3 Å². The van der Waals surface area contributed by atoms with Gasteiger partial charge in [0.05, 0.1) is 6.54 Å². The maximum absolute atomic E-state index is 10.6. The molecule has 1 aromatic carbocycles. The monoisotopic (exact) mass is 262 g/mol. The second-order valence-electron chi connectivity index (χ2n) is 5.30. The van der Waals surface area contributed by atoms with Crippen LogP contribution in [-0.2, 0) is 4.79 Å². The average Bonchev–Trinajstić information content (AvgIpc) is 2.37. The highest BCUT2D eigenvalue weighted by Gasteiger charge is 2.22. The number of aliphatic carboxylic acids is 1. The standard InChI is InChI=1S/C15H22N2O2/c1-11-5-3-6-12(2)15(11)17-8-4-7-13(10-17)16-9-14(18)19/h3,5-6,13,16H,4,7-10H2,1-2H3,(H,18,19). The quantitative estimate of drug-likeness (QED) is 0.871. The first-order valence-corrected chi connectivity index (χ1v) is 6.84. The number of carboxylic acid groups (broad SMARTS) is 1. The Labute approximate surface area is 114 Å². The first kappa shape index (κ1) is 13.9. The van der Waals surface area contributed by atoms with Gasteiger partial charge < -0.3 is 15.3 Å². The number of nitrogens with zero attached hydrogens (tertiary/aromatic N) is 1. The van der Waals surface area contributed by atoms with E-state index in [0.717, 1.165) is 25.9 Å². The van der Waals surface area contributed by atoms with Gasteiger partial charge in [-0.05, 0) is 37.8 Å². The van der Waals surface area contributed by atoms with Crippen molar-refractivity contribution < 1.29 is 9.90 Å². The predicted octanol–water partition coefficient (Wildman–Crippen LogP) is 1.95. The molecule has 1 heterocycles. The van der Waals surface area contributed by atoms with E-state index in [9.17, 15) is 4.79 Å². The van der Waals surface area contributed by atoms with Crippen LogP contribution in [0.1, 0.15) is 24.0 Å². The molecule has 1 unspecified atom stereocenters. The Kier molecular flexibility index (Phi) is 4.43. The molecule has 0 radical (unpaired) electrons. The summed E-state index contributed by atoms with van der Waals surface area (Å²) in [7, 11) is 0. The predicted molar refractivity (Wildman–Crippen MR) is 76.8 cm³/mol. The number of carbonyl (C=O) groups is 1. The zero-order chi connectivity index (χ0) is 13.8. The van der Waals surface area contributed by atoms with Crippen molar-refractivity contribution in [3.63, 3.8) is 0 Å². The van der Waals surface area contributed by atoms with E-state index in [1.54, 1.807) is 0 Å². The first-order chi connectivity index (χ1) is 9.08. The maximum Gasteiger partial charge on any atom is 0.317 e. The second-order valence-corrected chi connectivity index (χ2v) is 5.30. The average molecular weight is 262 g/mol. The molecule has 0 amide bonds. The molecule has 1 aromatic rings. The molecule has 1 aliphatic rings. The molecule has 0 aliphatic carbocycles. The van der Waals surface area contributed by atoms with E-state index in [0.29, 0.717) is 0 Å². The molecular formula is C15H22N2O2. The number of aryl methyl sites for hydroxylation is 2. The molecule has 2 N–H and O–H groups in total. The van der Waals surface area contributed by atoms with Crippen molar-refractivity contribution in [2.75, 3.05) is 24.5 Å². The number of piperidine rings is 1. The Balaban J connectivity index is 2.06. The van der Waals surface area contributed by atoms with Crippen molar-refractivity contribution in [2.24, 2.45) is 0 Å². The highest BCUT2D eigenvalue weighted by atomic mass is 16.4. The van der Waals surface area contributed by atoms with Crippen LogP contribution in [0, 0.1) is 13.8 Å². The van der Waals surface area contributed by atoms with Gasteiger partial charge in [-0.15, -0.1) is 0 Å². The van der Waals surface area contributed by atoms with Crippen LogP contribution in [0.15, 0.2) is 18.2 Å². The summed E-state index contributed by atoms with van der Waals surface area (Å²) in [6.07, 6.45) is 2.15. The Bertz CT molecular complexity index is 439. The first-order valence-electron chi connectivity index (χ1n) is 6.84. The van der Waals surface area contributed by atoms with Gasteiger partial charge in [-0.3, -0.25) is 4.79 Å². The summed E-state index contributed by atoms with van der Waals surface area (Å²) in [4.78, 5) is 13.0. The van der Waals surface area contributed by atoms with Crippen molar-refractivity contribution in [2.45, 2.75) is 32.7 Å². The van der Waals surface area contributed by atoms with Gasteiger partial charge in [-0.1, -0.05) is 18.2 Å². The number of anilines is 1. The normalized spacial score (nSPS) is 19.5. The summed E-state index contributed by atoms with van der Waals surface area (Å²) in [5.41, 5.74) is 3.89. The van der Waals surface area contributed by atoms with Gasteiger partial charge in [0.25, 0.3) is 0 Å². The van der Waals surface area contributed by atoms with Crippen LogP contribution in [0.2, 0.25) is 0 Å². The Morgan fingerprint density at radius 1 is 1.42 bits per heavy atom. The molecule has 104 valence electrons. The SMILES string of the molecule is Cc1cccc(C)c1N1CCCC(NCC(=O)O)C1. The van der Waals surface area contributed by atoms with Gasteiger partial charge >= 0.3 is 5.97 Å². The van der Waals surface area contributed by atoms with Gasteiger partial charge in [0.15, 0.2) is 0 Å². The van der Waals surface area contributed by atoms with Gasteiger partial charge in [0, 0.05) is 24.8 Å². The zero-order valence-electron chi connectivity index (χ0n) is 11.6. The van der Waals surface area contributed by atoms with Crippen molar-refractivity contribution in [3.8, 4) is 0 Å². The Hall–Kier alpha value is -1.55. The van der Waals surface area contributed by atoms with Crippen LogP contribution in [0.25, 0.3) is 0 Å². The minimum atomic E-state index is -0.788. The lowest BCUT2D eigenvalue weighted by atomic mass is 10.0. The highest BCUT2D eigenvalue weighted by molar-refractivity contribution is 5.69. The van der Waals surface area contributed by atoms with Crippen LogP contribution in [0.5, 0.6) is 0 Å². The lowest BCUT2D eigenvalue weighted by molar-refractivity contribution is -0.136. The second kappa shape index (κ2) is 6.06. The van der Waals surface area contributed by atoms with Gasteiger partial charge in [0.1, 0.15) is 0 Å². The molecule has 1 atom stereocenters. The maximum atomic E-state index is 10.6. The fraction of sp³-hybridized carbons (Fsp3) is 0.533. The summed E-state index contributed by atoms with van der Waals surface area (Å²) in [5, 5.41) is 11.9. The van der Waals surface area contributed by atoms with E-state index in [1.165, 1.54) is 16.8 Å². The van der Waals surface area contributed by atoms with E-state index in [-0.39, 0.29) is 12.6 Å². The van der Waals surface area contributed by atoms with Crippen LogP contribution < -0.4 is 10.2 Å². The van der Waals surface area contributed by atoms with Gasteiger partial charge in [-0.25, -0.2) is 0 Å². The van der Waals surface area contributed by atoms with Crippen molar-refractivity contribution in [1.29, 1.82) is 0 Å². The number of para-hydroxylation sites is 1. The smallest absolute Gasteiger partial charge is 0.317 e. The minimum Gasteiger partial charge on any atom is -0.480 e. The largest absolute Gasteiger partial charge is 0.480 e. The molecule has 1 saturated heterocycles. The number of nitrogens with one attached hydrogen (secondary N) is 1. The summed E-state index contributed by atoms with van der Waals surface area (Å²) < 4.78 is 0. The number of hydrogen-bond donors (Lipinski definition) is 2. The van der Waals surface area contributed by atoms with Gasteiger partial charge in [0.2, 0.25) is 0 Å². The molecule has 0 saturated carbocycles. The summed E-state index contributed by atoms with van der Waals surface area (Å²) >= 11 is 0. The molecule has 2 rings (SSSR count). The third kappa shape index (κ3) is 3.47. The molecule has 1 aliphatic heterocycles. The summed E-state index contributed by atoms with van der Waals surface area (Å²) in [6, 6.07) is 6.62. The lowest BCUT2D eigenvalue weighted by Gasteiger charge is -2.36. The number of carboxylic acids is 1. The van der Waals surface area contributed by atoms with E-state index < -0.39 is 5.97 Å². The molecule has 19 heavy (non-hydrogen) atoms. The van der Waals surface area contributed by atoms with E-state index in [1.807, 2.05) is 0 Å². The zero-order valence-corrected chi connectivity index (χ0v) is 11.6.